The zero-order chi connectivity index (χ0) is 53.9. The summed E-state index contributed by atoms with van der Waals surface area (Å²) in [6.07, 6.45) is 6.37. The van der Waals surface area contributed by atoms with Crippen molar-refractivity contribution >= 4 is 62.4 Å². The Morgan fingerprint density at radius 2 is 1.05 bits per heavy atom. The molecule has 6 heterocycles. The molecule has 2 fully saturated rings. The monoisotopic (exact) mass is 1060 g/mol. The highest BCUT2D eigenvalue weighted by molar-refractivity contribution is 6.74. The summed E-state index contributed by atoms with van der Waals surface area (Å²) in [4.78, 5) is 56.9. The van der Waals surface area contributed by atoms with Crippen LogP contribution in [0.25, 0.3) is 22.3 Å². The molecule has 8 atom stereocenters. The maximum Gasteiger partial charge on any atom is 0.259 e. The van der Waals surface area contributed by atoms with Crippen LogP contribution in [-0.4, -0.2) is 134 Å². The summed E-state index contributed by atoms with van der Waals surface area (Å²) >= 11 is 0. The number of carbonyl (C=O) groups is 2. The van der Waals surface area contributed by atoms with Gasteiger partial charge in [-0.05, 0) is 60.5 Å². The number of aliphatic hydroxyl groups is 2. The molecular weight excluding hydrogens is 987 g/mol. The molecule has 75 heavy (non-hydrogen) atoms. The van der Waals surface area contributed by atoms with Crippen molar-refractivity contribution in [2.45, 2.75) is 135 Å². The molecule has 6 aromatic rings. The second-order valence-electron chi connectivity index (χ2n) is 21.8. The molecule has 4 aromatic heterocycles. The van der Waals surface area contributed by atoms with Gasteiger partial charge in [0, 0.05) is 30.1 Å². The molecule has 2 aliphatic rings. The van der Waals surface area contributed by atoms with Gasteiger partial charge in [0.05, 0.1) is 44.1 Å². The van der Waals surface area contributed by atoms with Crippen LogP contribution in [-0.2, 0) is 18.3 Å². The molecule has 8 rings (SSSR count). The SMILES string of the molecule is C.C=CCN(C(=O)c1ccccc1)c1ncnc2c1ncn2[C@@H]1O[C@H](CO)[C@@H](C)[C@H]1O[Si](C)(C)C(C)(C)C.C=CCN(C(=O)c1ccccc1)c1ncnc2c1ncn2[C@@H]1O[C@H](CO)[C@@H](N)[C@H]1O[Si](C)(C)C(C)(C)C. The average Bonchev–Trinajstić information content (AvgIpc) is 4.15. The number of anilines is 2. The Morgan fingerprint density at radius 3 is 1.44 bits per heavy atom. The normalized spacial score (nSPS) is 22.1. The lowest BCUT2D eigenvalue weighted by atomic mass is 10.0. The Morgan fingerprint density at radius 1 is 0.667 bits per heavy atom. The van der Waals surface area contributed by atoms with Crippen LogP contribution in [0.1, 0.15) is 89.1 Å². The van der Waals surface area contributed by atoms with E-state index >= 15 is 0 Å². The number of ether oxygens (including phenoxy) is 2. The van der Waals surface area contributed by atoms with Crippen LogP contribution in [0.3, 0.4) is 0 Å². The maximum absolute atomic E-state index is 13.4. The zero-order valence-corrected chi connectivity index (χ0v) is 46.5. The van der Waals surface area contributed by atoms with Crippen LogP contribution in [0.2, 0.25) is 36.3 Å². The Bertz CT molecular complexity index is 2710. The number of fused-ring (bicyclic) bond motifs is 2. The highest BCUT2D eigenvalue weighted by atomic mass is 28.4. The van der Waals surface area contributed by atoms with Gasteiger partial charge in [0.1, 0.15) is 24.9 Å². The van der Waals surface area contributed by atoms with Crippen molar-refractivity contribution in [3.8, 4) is 0 Å². The molecule has 0 radical (unpaired) electrons. The van der Waals surface area contributed by atoms with E-state index < -0.39 is 47.3 Å². The molecule has 0 unspecified atom stereocenters. The lowest BCUT2D eigenvalue weighted by Gasteiger charge is -2.40. The number of hydrogen-bond acceptors (Lipinski definition) is 15. The Labute approximate surface area is 443 Å². The quantitative estimate of drug-likeness (QED) is 0.0609. The summed E-state index contributed by atoms with van der Waals surface area (Å²) in [5.74, 6) is 0.276. The van der Waals surface area contributed by atoms with E-state index in [0.717, 1.165) is 0 Å². The molecule has 0 bridgehead atoms. The number of benzene rings is 2. The minimum Gasteiger partial charge on any atom is -0.409 e. The van der Waals surface area contributed by atoms with E-state index in [1.807, 2.05) is 47.9 Å². The summed E-state index contributed by atoms with van der Waals surface area (Å²) in [7, 11) is -4.40. The number of imidazole rings is 2. The van der Waals surface area contributed by atoms with E-state index in [1.54, 1.807) is 58.5 Å². The summed E-state index contributed by atoms with van der Waals surface area (Å²) in [5, 5.41) is 19.9. The van der Waals surface area contributed by atoms with Crippen LogP contribution in [0, 0.1) is 5.92 Å². The largest absolute Gasteiger partial charge is 0.409 e. The number of aliphatic hydroxyl groups excluding tert-OH is 2. The molecule has 0 aliphatic carbocycles. The van der Waals surface area contributed by atoms with Gasteiger partial charge in [0.2, 0.25) is 0 Å². The maximum atomic E-state index is 13.4. The van der Waals surface area contributed by atoms with Crippen LogP contribution < -0.4 is 15.5 Å². The van der Waals surface area contributed by atoms with Crippen molar-refractivity contribution in [1.29, 1.82) is 0 Å². The topological polar surface area (TPSA) is 231 Å². The first-order valence-electron chi connectivity index (χ1n) is 24.9. The molecule has 0 saturated carbocycles. The molecule has 4 N–H and O–H groups in total. The highest BCUT2D eigenvalue weighted by Gasteiger charge is 2.51. The first-order valence-corrected chi connectivity index (χ1v) is 30.8. The third-order valence-electron chi connectivity index (χ3n) is 14.8. The van der Waals surface area contributed by atoms with Crippen molar-refractivity contribution in [2.75, 3.05) is 36.1 Å². The van der Waals surface area contributed by atoms with E-state index in [-0.39, 0.29) is 73.7 Å². The highest BCUT2D eigenvalue weighted by Crippen LogP contribution is 2.45. The number of amides is 2. The van der Waals surface area contributed by atoms with Crippen LogP contribution >= 0.6 is 0 Å². The van der Waals surface area contributed by atoms with Gasteiger partial charge in [0.25, 0.3) is 11.8 Å². The molecular formula is C54H77N11O8Si2. The van der Waals surface area contributed by atoms with E-state index in [9.17, 15) is 19.8 Å². The first kappa shape index (κ1) is 58.4. The summed E-state index contributed by atoms with van der Waals surface area (Å²) in [6, 6.07) is 17.5. The van der Waals surface area contributed by atoms with Crippen molar-refractivity contribution in [1.82, 2.24) is 39.0 Å². The smallest absolute Gasteiger partial charge is 0.259 e. The van der Waals surface area contributed by atoms with Crippen molar-refractivity contribution in [3.63, 3.8) is 0 Å². The Balaban J connectivity index is 0.000000241. The molecule has 0 spiro atoms. The van der Waals surface area contributed by atoms with Gasteiger partial charge < -0.3 is 34.3 Å². The molecule has 2 aromatic carbocycles. The fourth-order valence-corrected chi connectivity index (χ4v) is 11.1. The van der Waals surface area contributed by atoms with Gasteiger partial charge in [0.15, 0.2) is 63.1 Å². The van der Waals surface area contributed by atoms with E-state index in [4.69, 9.17) is 24.1 Å². The van der Waals surface area contributed by atoms with Gasteiger partial charge >= 0.3 is 0 Å². The van der Waals surface area contributed by atoms with Gasteiger partial charge in [-0.3, -0.25) is 28.5 Å². The third-order valence-corrected chi connectivity index (χ3v) is 23.8. The number of aromatic nitrogens is 8. The standard InChI is InChI=1S/C27H37N5O4Si.C26H36N6O4Si.CH4/c1-8-14-31(25(34)19-12-10-9-11-13-19)23-21-24(29-16-28-23)32(17-30-21)26-22(18(2)20(15-33)35-26)36-37(6,7)27(3,4)5;1-7-13-31(24(34)17-11-9-8-10-12-17)22-20-23(29-15-28-22)32(16-30-20)25-21(19(27)18(14-33)35-25)36-37(5,6)26(2,3)4;/h8-13,16-18,20,22,26,33H,1,14-15H2,2-7H3;7-12,15-16,18-19,21,25,33H,1,13-14,27H2,2-6H3;1H4/t18-,20-,22-,26-;18-,19-,21-,25-;/m11./s1. The zero-order valence-electron chi connectivity index (χ0n) is 44.5. The van der Waals surface area contributed by atoms with E-state index in [0.29, 0.717) is 45.1 Å². The first-order chi connectivity index (χ1) is 35.0. The molecule has 2 amide bonds. The number of nitrogens with zero attached hydrogens (tertiary/aromatic N) is 10. The minimum absolute atomic E-state index is 0. The van der Waals surface area contributed by atoms with Crippen LogP contribution in [0.15, 0.2) is 111 Å². The summed E-state index contributed by atoms with van der Waals surface area (Å²) in [5.41, 5.74) is 9.50. The summed E-state index contributed by atoms with van der Waals surface area (Å²) in [6.45, 7) is 31.6. The van der Waals surface area contributed by atoms with Crippen LogP contribution in [0.4, 0.5) is 11.6 Å². The number of hydrogen-bond donors (Lipinski definition) is 3. The Hall–Kier alpha value is -5.89. The second-order valence-corrected chi connectivity index (χ2v) is 31.3. The van der Waals surface area contributed by atoms with E-state index in [1.165, 1.54) is 17.6 Å². The summed E-state index contributed by atoms with van der Waals surface area (Å²) < 4.78 is 29.7. The number of rotatable bonds is 16. The predicted octanol–water partition coefficient (Wildman–Crippen LogP) is 8.48. The molecule has 19 nitrogen and oxygen atoms in total. The molecule has 21 heteroatoms. The van der Waals surface area contributed by atoms with Gasteiger partial charge in [-0.15, -0.1) is 13.2 Å². The lowest BCUT2D eigenvalue weighted by Crippen LogP contribution is -2.51. The molecule has 404 valence electrons. The van der Waals surface area contributed by atoms with Gasteiger partial charge in [-0.25, -0.2) is 29.9 Å². The molecule has 2 saturated heterocycles. The predicted molar refractivity (Wildman–Crippen MR) is 297 cm³/mol. The Kier molecular flexibility index (Phi) is 18.3. The minimum atomic E-state index is -2.24. The van der Waals surface area contributed by atoms with Crippen molar-refractivity contribution < 1.29 is 38.1 Å². The lowest BCUT2D eigenvalue weighted by molar-refractivity contribution is -0.0467. The van der Waals surface area contributed by atoms with Crippen molar-refractivity contribution in [2.24, 2.45) is 11.7 Å². The van der Waals surface area contributed by atoms with E-state index in [2.05, 4.69) is 111 Å². The molecule has 2 aliphatic heterocycles. The van der Waals surface area contributed by atoms with Gasteiger partial charge in [-0.2, -0.15) is 0 Å². The second kappa shape index (κ2) is 23.6. The number of nitrogens with two attached hydrogens (primary N) is 1. The van der Waals surface area contributed by atoms with Crippen LogP contribution in [0.5, 0.6) is 0 Å². The fraction of sp³-hybridized carbons (Fsp3) is 0.481. The van der Waals surface area contributed by atoms with Gasteiger partial charge in [-0.1, -0.05) is 104 Å². The van der Waals surface area contributed by atoms with Crippen molar-refractivity contribution in [3.05, 3.63) is 122 Å². The fourth-order valence-electron chi connectivity index (χ4n) is 8.47. The number of carbonyl (C=O) groups excluding carboxylic acids is 2. The third kappa shape index (κ3) is 11.9. The average molecular weight is 1060 g/mol.